The van der Waals surface area contributed by atoms with Gasteiger partial charge in [0.2, 0.25) is 5.91 Å². The number of amides is 2. The van der Waals surface area contributed by atoms with Crippen LogP contribution in [0.1, 0.15) is 59.9 Å². The number of fused-ring (bicyclic) bond motifs is 6. The first-order chi connectivity index (χ1) is 17.4. The number of carbonyl (C=O) groups is 2. The Morgan fingerprint density at radius 1 is 1.17 bits per heavy atom. The minimum atomic E-state index is -0.272. The summed E-state index contributed by atoms with van der Waals surface area (Å²) in [4.78, 5) is 27.8. The van der Waals surface area contributed by atoms with Gasteiger partial charge in [-0.2, -0.15) is 0 Å². The number of alkyl halides is 1. The van der Waals surface area contributed by atoms with Crippen LogP contribution in [0.2, 0.25) is 0 Å². The third kappa shape index (κ3) is 3.52. The molecular weight excluding hydrogens is 470 g/mol. The van der Waals surface area contributed by atoms with E-state index in [1.54, 1.807) is 0 Å². The van der Waals surface area contributed by atoms with Gasteiger partial charge < -0.3 is 16.0 Å². The number of halogens is 1. The highest BCUT2D eigenvalue weighted by Gasteiger charge is 2.37. The van der Waals surface area contributed by atoms with Crippen LogP contribution in [-0.2, 0) is 22.4 Å². The van der Waals surface area contributed by atoms with Gasteiger partial charge in [-0.3, -0.25) is 9.59 Å². The normalized spacial score (nSPS) is 19.9. The Morgan fingerprint density at radius 3 is 2.67 bits per heavy atom. The van der Waals surface area contributed by atoms with Gasteiger partial charge in [-0.05, 0) is 72.0 Å². The fraction of sp³-hybridized carbons (Fsp3) is 0.333. The molecule has 0 radical (unpaired) electrons. The summed E-state index contributed by atoms with van der Waals surface area (Å²) in [5.41, 5.74) is 14.0. The summed E-state index contributed by atoms with van der Waals surface area (Å²) in [6.45, 7) is 4.81. The summed E-state index contributed by atoms with van der Waals surface area (Å²) in [5.74, 6) is 0.0657. The van der Waals surface area contributed by atoms with Crippen LogP contribution in [0.25, 0.3) is 16.8 Å². The fourth-order valence-corrected chi connectivity index (χ4v) is 6.60. The number of nitrogens with two attached hydrogens (primary N) is 1. The van der Waals surface area contributed by atoms with E-state index < -0.39 is 0 Å². The maximum atomic E-state index is 14.0. The molecule has 1 aliphatic heterocycles. The van der Waals surface area contributed by atoms with Gasteiger partial charge in [0.25, 0.3) is 5.91 Å². The third-order valence-electron chi connectivity index (χ3n) is 7.90. The number of nitrogens with one attached hydrogen (secondary N) is 1. The first kappa shape index (κ1) is 23.1. The molecule has 0 aromatic heterocycles. The van der Waals surface area contributed by atoms with Crippen molar-refractivity contribution < 1.29 is 9.59 Å². The maximum Gasteiger partial charge on any atom is 0.254 e. The standard InChI is InChI=1S/C30H30ClN3O2/c1-16(2)33-26-13-27-28(23-6-4-3-5-22(23)26)19(14-31)15-34(27)30(36)18-11-17-7-8-20-21(25(17)12-18)9-10-24(20)29(32)35/h3-8,12-13,16,19,24,33H,9-11,14-15H2,1-2H3,(H2,32,35)/t19-,24?/m1/s1. The van der Waals surface area contributed by atoms with Gasteiger partial charge in [0.1, 0.15) is 0 Å². The van der Waals surface area contributed by atoms with Gasteiger partial charge in [0.15, 0.2) is 0 Å². The van der Waals surface area contributed by atoms with Crippen molar-refractivity contribution in [3.05, 3.63) is 75.9 Å². The SMILES string of the molecule is CC(C)Nc1cc2c(c3ccccc13)[C@H](CCl)CN2C(=O)C1=Cc2c(ccc3c2CCC3C(N)=O)C1. The second-order valence-corrected chi connectivity index (χ2v) is 10.8. The lowest BCUT2D eigenvalue weighted by Gasteiger charge is -2.21. The lowest BCUT2D eigenvalue weighted by Crippen LogP contribution is -2.31. The van der Waals surface area contributed by atoms with Crippen LogP contribution in [0.15, 0.2) is 48.0 Å². The van der Waals surface area contributed by atoms with E-state index in [9.17, 15) is 9.59 Å². The summed E-state index contributed by atoms with van der Waals surface area (Å²) in [6, 6.07) is 14.8. The summed E-state index contributed by atoms with van der Waals surface area (Å²) in [6.07, 6.45) is 4.21. The molecule has 3 aliphatic rings. The molecule has 36 heavy (non-hydrogen) atoms. The predicted octanol–water partition coefficient (Wildman–Crippen LogP) is 5.48. The molecule has 0 spiro atoms. The van der Waals surface area contributed by atoms with Crippen molar-refractivity contribution in [3.8, 4) is 0 Å². The van der Waals surface area contributed by atoms with Gasteiger partial charge in [0, 0.05) is 47.5 Å². The second kappa shape index (κ2) is 8.67. The summed E-state index contributed by atoms with van der Waals surface area (Å²) >= 11 is 6.46. The molecule has 0 saturated carbocycles. The zero-order valence-corrected chi connectivity index (χ0v) is 21.4. The molecule has 3 aromatic carbocycles. The molecule has 6 rings (SSSR count). The highest BCUT2D eigenvalue weighted by atomic mass is 35.5. The van der Waals surface area contributed by atoms with E-state index >= 15 is 0 Å². The van der Waals surface area contributed by atoms with Crippen LogP contribution >= 0.6 is 11.6 Å². The Labute approximate surface area is 216 Å². The highest BCUT2D eigenvalue weighted by Crippen LogP contribution is 2.46. The molecule has 0 saturated heterocycles. The van der Waals surface area contributed by atoms with E-state index in [0.717, 1.165) is 62.8 Å². The monoisotopic (exact) mass is 499 g/mol. The van der Waals surface area contributed by atoms with Crippen molar-refractivity contribution in [1.82, 2.24) is 0 Å². The van der Waals surface area contributed by atoms with E-state index in [2.05, 4.69) is 49.5 Å². The summed E-state index contributed by atoms with van der Waals surface area (Å²) < 4.78 is 0. The zero-order chi connectivity index (χ0) is 25.1. The Balaban J connectivity index is 1.41. The maximum absolute atomic E-state index is 14.0. The fourth-order valence-electron chi connectivity index (χ4n) is 6.34. The smallest absolute Gasteiger partial charge is 0.254 e. The molecular formula is C30H30ClN3O2. The number of nitrogens with zero attached hydrogens (tertiary/aromatic N) is 1. The molecule has 0 fully saturated rings. The number of hydrogen-bond acceptors (Lipinski definition) is 3. The van der Waals surface area contributed by atoms with Crippen molar-refractivity contribution in [2.24, 2.45) is 5.73 Å². The lowest BCUT2D eigenvalue weighted by atomic mass is 9.94. The molecule has 3 aromatic rings. The number of carbonyl (C=O) groups excluding carboxylic acids is 2. The van der Waals surface area contributed by atoms with Crippen molar-refractivity contribution >= 4 is 51.6 Å². The Kier molecular flexibility index (Phi) is 5.56. The van der Waals surface area contributed by atoms with Crippen molar-refractivity contribution in [2.45, 2.75) is 51.0 Å². The van der Waals surface area contributed by atoms with E-state index in [1.165, 1.54) is 5.56 Å². The molecule has 3 N–H and O–H groups in total. The van der Waals surface area contributed by atoms with Gasteiger partial charge >= 0.3 is 0 Å². The lowest BCUT2D eigenvalue weighted by molar-refractivity contribution is -0.119. The van der Waals surface area contributed by atoms with E-state index in [-0.39, 0.29) is 29.7 Å². The quantitative estimate of drug-likeness (QED) is 0.456. The van der Waals surface area contributed by atoms with Gasteiger partial charge in [-0.15, -0.1) is 11.6 Å². The van der Waals surface area contributed by atoms with Gasteiger partial charge in [-0.1, -0.05) is 36.4 Å². The number of rotatable bonds is 5. The van der Waals surface area contributed by atoms with Crippen LogP contribution in [-0.4, -0.2) is 30.3 Å². The molecule has 2 aliphatic carbocycles. The molecule has 1 unspecified atom stereocenters. The van der Waals surface area contributed by atoms with Crippen LogP contribution in [0, 0.1) is 0 Å². The second-order valence-electron chi connectivity index (χ2n) is 10.5. The van der Waals surface area contributed by atoms with Crippen molar-refractivity contribution in [2.75, 3.05) is 22.6 Å². The van der Waals surface area contributed by atoms with E-state index in [0.29, 0.717) is 18.8 Å². The molecule has 5 nitrogen and oxygen atoms in total. The zero-order valence-electron chi connectivity index (χ0n) is 20.6. The van der Waals surface area contributed by atoms with Crippen LogP contribution in [0.5, 0.6) is 0 Å². The Hall–Kier alpha value is -3.31. The van der Waals surface area contributed by atoms with Gasteiger partial charge in [0.05, 0.1) is 11.6 Å². The number of anilines is 2. The Morgan fingerprint density at radius 2 is 1.94 bits per heavy atom. The first-order valence-electron chi connectivity index (χ1n) is 12.7. The predicted molar refractivity (Wildman–Crippen MR) is 147 cm³/mol. The number of primary amides is 1. The average Bonchev–Trinajstić information content (AvgIpc) is 3.57. The largest absolute Gasteiger partial charge is 0.382 e. The number of hydrogen-bond donors (Lipinski definition) is 2. The third-order valence-corrected chi connectivity index (χ3v) is 8.27. The Bertz CT molecular complexity index is 1460. The molecule has 184 valence electrons. The van der Waals surface area contributed by atoms with Crippen LogP contribution < -0.4 is 16.0 Å². The molecule has 2 atom stereocenters. The molecule has 0 bridgehead atoms. The minimum Gasteiger partial charge on any atom is -0.382 e. The van der Waals surface area contributed by atoms with E-state index in [1.807, 2.05) is 23.1 Å². The highest BCUT2D eigenvalue weighted by molar-refractivity contribution is 6.20. The first-order valence-corrected chi connectivity index (χ1v) is 13.2. The van der Waals surface area contributed by atoms with Crippen molar-refractivity contribution in [1.29, 1.82) is 0 Å². The van der Waals surface area contributed by atoms with Crippen LogP contribution in [0.4, 0.5) is 11.4 Å². The number of benzene rings is 3. The molecule has 6 heteroatoms. The van der Waals surface area contributed by atoms with Crippen LogP contribution in [0.3, 0.4) is 0 Å². The van der Waals surface area contributed by atoms with E-state index in [4.69, 9.17) is 17.3 Å². The van der Waals surface area contributed by atoms with Gasteiger partial charge in [-0.25, -0.2) is 0 Å². The minimum absolute atomic E-state index is 0.0315. The van der Waals surface area contributed by atoms with Crippen molar-refractivity contribution in [3.63, 3.8) is 0 Å². The topological polar surface area (TPSA) is 75.4 Å². The molecule has 1 heterocycles. The average molecular weight is 500 g/mol. The summed E-state index contributed by atoms with van der Waals surface area (Å²) in [7, 11) is 0. The molecule has 2 amide bonds. The summed E-state index contributed by atoms with van der Waals surface area (Å²) in [5, 5.41) is 5.88.